The van der Waals surface area contributed by atoms with E-state index in [0.717, 1.165) is 12.1 Å². The summed E-state index contributed by atoms with van der Waals surface area (Å²) in [5.41, 5.74) is -0.536. The van der Waals surface area contributed by atoms with E-state index in [9.17, 15) is 26.4 Å². The average molecular weight is 471 g/mol. The number of nitrogens with zero attached hydrogens (tertiary/aromatic N) is 3. The molecule has 172 valence electrons. The zero-order chi connectivity index (χ0) is 22.9. The van der Waals surface area contributed by atoms with E-state index in [1.807, 2.05) is 0 Å². The Morgan fingerprint density at radius 3 is 2.28 bits per heavy atom. The molecule has 3 heterocycles. The van der Waals surface area contributed by atoms with E-state index < -0.39 is 21.8 Å². The molecule has 1 aromatic carbocycles. The van der Waals surface area contributed by atoms with Crippen LogP contribution in [0.3, 0.4) is 0 Å². The van der Waals surface area contributed by atoms with Crippen LogP contribution in [0.2, 0.25) is 0 Å². The fourth-order valence-corrected chi connectivity index (χ4v) is 4.76. The highest BCUT2D eigenvalue weighted by Gasteiger charge is 2.34. The minimum absolute atomic E-state index is 0.0489. The Hall–Kier alpha value is -2.70. The van der Waals surface area contributed by atoms with Crippen LogP contribution in [0, 0.1) is 0 Å². The van der Waals surface area contributed by atoms with Crippen molar-refractivity contribution in [3.8, 4) is 5.88 Å². The number of sulfonamides is 1. The zero-order valence-electron chi connectivity index (χ0n) is 16.8. The Morgan fingerprint density at radius 1 is 1.06 bits per heavy atom. The molecule has 0 N–H and O–H groups in total. The van der Waals surface area contributed by atoms with Crippen molar-refractivity contribution in [2.45, 2.75) is 17.2 Å². The predicted molar refractivity (Wildman–Crippen MR) is 106 cm³/mol. The molecule has 2 saturated heterocycles. The average Bonchev–Trinajstić information content (AvgIpc) is 2.76. The van der Waals surface area contributed by atoms with Crippen molar-refractivity contribution >= 4 is 15.9 Å². The van der Waals surface area contributed by atoms with Gasteiger partial charge in [-0.3, -0.25) is 4.79 Å². The summed E-state index contributed by atoms with van der Waals surface area (Å²) in [4.78, 5) is 17.9. The van der Waals surface area contributed by atoms with Gasteiger partial charge in [-0.1, -0.05) is 0 Å². The summed E-state index contributed by atoms with van der Waals surface area (Å²) in [5.74, 6) is -0.242. The molecule has 0 aliphatic carbocycles. The van der Waals surface area contributed by atoms with Gasteiger partial charge >= 0.3 is 6.18 Å². The lowest BCUT2D eigenvalue weighted by molar-refractivity contribution is -0.137. The SMILES string of the molecule is O=C(c1ccc(S(=O)(=O)N2CCOCC2)cc1)N1CC(Oc2ccc(C(F)(F)F)cn2)C1. The summed E-state index contributed by atoms with van der Waals surface area (Å²) < 4.78 is 75.1. The van der Waals surface area contributed by atoms with Gasteiger partial charge < -0.3 is 14.4 Å². The Labute approximate surface area is 182 Å². The number of rotatable bonds is 5. The largest absolute Gasteiger partial charge is 0.471 e. The molecule has 2 fully saturated rings. The first-order valence-corrected chi connectivity index (χ1v) is 11.3. The van der Waals surface area contributed by atoms with Gasteiger partial charge in [-0.2, -0.15) is 17.5 Å². The number of halogens is 3. The monoisotopic (exact) mass is 471 g/mol. The van der Waals surface area contributed by atoms with E-state index in [2.05, 4.69) is 4.98 Å². The number of carbonyl (C=O) groups is 1. The van der Waals surface area contributed by atoms with Crippen molar-refractivity contribution in [2.75, 3.05) is 39.4 Å². The highest BCUT2D eigenvalue weighted by atomic mass is 32.2. The maximum Gasteiger partial charge on any atom is 0.417 e. The molecule has 2 aromatic rings. The molecule has 0 spiro atoms. The molecule has 1 aromatic heterocycles. The van der Waals surface area contributed by atoms with E-state index in [4.69, 9.17) is 9.47 Å². The molecule has 2 aliphatic heterocycles. The van der Waals surface area contributed by atoms with Crippen LogP contribution >= 0.6 is 0 Å². The molecule has 0 saturated carbocycles. The highest BCUT2D eigenvalue weighted by molar-refractivity contribution is 7.89. The molecular weight excluding hydrogens is 451 g/mol. The molecule has 0 radical (unpaired) electrons. The minimum atomic E-state index is -4.47. The lowest BCUT2D eigenvalue weighted by Gasteiger charge is -2.38. The van der Waals surface area contributed by atoms with Gasteiger partial charge in [0, 0.05) is 30.9 Å². The van der Waals surface area contributed by atoms with E-state index >= 15 is 0 Å². The standard InChI is InChI=1S/C20H20F3N3O5S/c21-20(22,23)15-3-6-18(24-11-15)31-16-12-25(13-16)19(27)14-1-4-17(5-2-14)32(28,29)26-7-9-30-10-8-26/h1-6,11,16H,7-10,12-13H2. The quantitative estimate of drug-likeness (QED) is 0.663. The molecule has 0 unspecified atom stereocenters. The second kappa shape index (κ2) is 8.68. The summed E-state index contributed by atoms with van der Waals surface area (Å²) in [5, 5.41) is 0. The molecule has 0 bridgehead atoms. The van der Waals surface area contributed by atoms with E-state index in [-0.39, 0.29) is 49.0 Å². The van der Waals surface area contributed by atoms with Gasteiger partial charge in [0.05, 0.1) is 36.8 Å². The van der Waals surface area contributed by atoms with Crippen molar-refractivity contribution in [2.24, 2.45) is 0 Å². The lowest BCUT2D eigenvalue weighted by Crippen LogP contribution is -2.56. The normalized spacial score (nSPS) is 18.3. The molecule has 4 rings (SSSR count). The second-order valence-electron chi connectivity index (χ2n) is 7.37. The van der Waals surface area contributed by atoms with Crippen LogP contribution in [0.1, 0.15) is 15.9 Å². The van der Waals surface area contributed by atoms with Gasteiger partial charge in [0.15, 0.2) is 0 Å². The van der Waals surface area contributed by atoms with Gasteiger partial charge in [0.25, 0.3) is 5.91 Å². The Kier molecular flexibility index (Phi) is 6.10. The first-order chi connectivity index (χ1) is 15.1. The predicted octanol–water partition coefficient (Wildman–Crippen LogP) is 2.02. The number of ether oxygens (including phenoxy) is 2. The number of alkyl halides is 3. The fourth-order valence-electron chi connectivity index (χ4n) is 3.36. The molecular formula is C20H20F3N3O5S. The maximum atomic E-state index is 12.7. The second-order valence-corrected chi connectivity index (χ2v) is 9.31. The summed E-state index contributed by atoms with van der Waals surface area (Å²) in [6.45, 7) is 1.74. The van der Waals surface area contributed by atoms with Gasteiger partial charge in [-0.05, 0) is 30.3 Å². The number of aromatic nitrogens is 1. The molecule has 0 atom stereocenters. The topological polar surface area (TPSA) is 89.0 Å². The third-order valence-electron chi connectivity index (χ3n) is 5.20. The maximum absolute atomic E-state index is 12.7. The Balaban J connectivity index is 1.32. The van der Waals surface area contributed by atoms with E-state index in [0.29, 0.717) is 25.0 Å². The van der Waals surface area contributed by atoms with Crippen molar-refractivity contribution in [1.29, 1.82) is 0 Å². The first kappa shape index (κ1) is 22.5. The molecule has 1 amide bonds. The summed E-state index contributed by atoms with van der Waals surface area (Å²) in [7, 11) is -3.64. The third-order valence-corrected chi connectivity index (χ3v) is 7.11. The first-order valence-electron chi connectivity index (χ1n) is 9.82. The van der Waals surface area contributed by atoms with E-state index in [1.165, 1.54) is 33.5 Å². The zero-order valence-corrected chi connectivity index (χ0v) is 17.6. The molecule has 12 heteroatoms. The van der Waals surface area contributed by atoms with Crippen LogP contribution in [0.4, 0.5) is 13.2 Å². The van der Waals surface area contributed by atoms with Gasteiger partial charge in [0.1, 0.15) is 6.10 Å². The van der Waals surface area contributed by atoms with Crippen molar-refractivity contribution in [1.82, 2.24) is 14.2 Å². The molecule has 2 aliphatic rings. The van der Waals surface area contributed by atoms with Crippen LogP contribution in [0.15, 0.2) is 47.5 Å². The highest BCUT2D eigenvalue weighted by Crippen LogP contribution is 2.29. The van der Waals surface area contributed by atoms with E-state index in [1.54, 1.807) is 0 Å². The molecule has 32 heavy (non-hydrogen) atoms. The Morgan fingerprint density at radius 2 is 1.72 bits per heavy atom. The summed E-state index contributed by atoms with van der Waals surface area (Å²) >= 11 is 0. The van der Waals surface area contributed by atoms with Gasteiger partial charge in [0.2, 0.25) is 15.9 Å². The molecule has 8 nitrogen and oxygen atoms in total. The summed E-state index contributed by atoms with van der Waals surface area (Å²) in [6, 6.07) is 7.75. The number of pyridine rings is 1. The smallest absolute Gasteiger partial charge is 0.417 e. The minimum Gasteiger partial charge on any atom is -0.471 e. The number of carbonyl (C=O) groups excluding carboxylic acids is 1. The van der Waals surface area contributed by atoms with Crippen LogP contribution in [0.25, 0.3) is 0 Å². The number of likely N-dealkylation sites (tertiary alicyclic amines) is 1. The van der Waals surface area contributed by atoms with Gasteiger partial charge in [-0.15, -0.1) is 0 Å². The summed E-state index contributed by atoms with van der Waals surface area (Å²) in [6.07, 6.45) is -4.16. The number of morpholine rings is 1. The van der Waals surface area contributed by atoms with Crippen molar-refractivity contribution in [3.05, 3.63) is 53.7 Å². The number of hydrogen-bond acceptors (Lipinski definition) is 6. The van der Waals surface area contributed by atoms with Crippen molar-refractivity contribution < 1.29 is 35.9 Å². The fraction of sp³-hybridized carbons (Fsp3) is 0.400. The van der Waals surface area contributed by atoms with Crippen LogP contribution in [-0.2, 0) is 20.9 Å². The van der Waals surface area contributed by atoms with Crippen LogP contribution < -0.4 is 4.74 Å². The van der Waals surface area contributed by atoms with Crippen LogP contribution in [0.5, 0.6) is 5.88 Å². The third kappa shape index (κ3) is 4.71. The van der Waals surface area contributed by atoms with Crippen LogP contribution in [-0.4, -0.2) is 74.0 Å². The van der Waals surface area contributed by atoms with Crippen molar-refractivity contribution in [3.63, 3.8) is 0 Å². The number of hydrogen-bond donors (Lipinski definition) is 0. The lowest BCUT2D eigenvalue weighted by atomic mass is 10.1. The Bertz CT molecular complexity index is 1060. The van der Waals surface area contributed by atoms with Gasteiger partial charge in [-0.25, -0.2) is 13.4 Å². The number of benzene rings is 1. The number of amides is 1.